The Hall–Kier alpha value is -2.07. The van der Waals surface area contributed by atoms with Crippen molar-refractivity contribution in [3.63, 3.8) is 0 Å². The standard InChI is InChI=1S/C11H9FN4OS/c1-18-11(15-5-13)16-9-3-6(12)2-7-8(9)4-14-10(7)17/h2-3H,4H2,1H3,(H,14,17)(H,15,16). The molecule has 0 aromatic heterocycles. The summed E-state index contributed by atoms with van der Waals surface area (Å²) in [6, 6.07) is 2.43. The zero-order chi connectivity index (χ0) is 13.1. The van der Waals surface area contributed by atoms with E-state index in [0.717, 1.165) is 0 Å². The molecule has 1 aliphatic rings. The van der Waals surface area contributed by atoms with Gasteiger partial charge in [0.1, 0.15) is 5.82 Å². The van der Waals surface area contributed by atoms with Crippen LogP contribution in [-0.2, 0) is 6.54 Å². The van der Waals surface area contributed by atoms with Crippen molar-refractivity contribution in [1.29, 1.82) is 5.26 Å². The third-order valence-corrected chi connectivity index (χ3v) is 3.02. The van der Waals surface area contributed by atoms with Crippen molar-refractivity contribution in [3.05, 3.63) is 29.1 Å². The van der Waals surface area contributed by atoms with Crippen LogP contribution in [0.4, 0.5) is 10.1 Å². The number of nitrogens with one attached hydrogen (secondary N) is 2. The van der Waals surface area contributed by atoms with Crippen molar-refractivity contribution < 1.29 is 9.18 Å². The summed E-state index contributed by atoms with van der Waals surface area (Å²) < 4.78 is 13.4. The Balaban J connectivity index is 2.49. The van der Waals surface area contributed by atoms with Crippen LogP contribution < -0.4 is 10.6 Å². The number of halogens is 1. The third kappa shape index (κ3) is 2.28. The van der Waals surface area contributed by atoms with Gasteiger partial charge in [-0.3, -0.25) is 10.1 Å². The molecule has 0 fully saturated rings. The van der Waals surface area contributed by atoms with Crippen molar-refractivity contribution in [2.45, 2.75) is 6.54 Å². The molecule has 5 nitrogen and oxygen atoms in total. The Bertz CT molecular complexity index is 579. The molecule has 1 aromatic rings. The maximum Gasteiger partial charge on any atom is 0.252 e. The molecule has 1 amide bonds. The topological polar surface area (TPSA) is 77.3 Å². The Morgan fingerprint density at radius 3 is 3.11 bits per heavy atom. The van der Waals surface area contributed by atoms with Crippen LogP contribution in [0.25, 0.3) is 0 Å². The van der Waals surface area contributed by atoms with Crippen molar-refractivity contribution in [2.75, 3.05) is 6.26 Å². The van der Waals surface area contributed by atoms with Gasteiger partial charge in [-0.25, -0.2) is 9.38 Å². The molecule has 1 aliphatic heterocycles. The summed E-state index contributed by atoms with van der Waals surface area (Å²) in [5.74, 6) is -0.832. The highest BCUT2D eigenvalue weighted by Gasteiger charge is 2.23. The van der Waals surface area contributed by atoms with Gasteiger partial charge in [-0.15, -0.1) is 0 Å². The number of amidine groups is 1. The van der Waals surface area contributed by atoms with Crippen molar-refractivity contribution in [2.24, 2.45) is 4.99 Å². The maximum atomic E-state index is 13.4. The van der Waals surface area contributed by atoms with Crippen molar-refractivity contribution in [1.82, 2.24) is 10.6 Å². The van der Waals surface area contributed by atoms with Gasteiger partial charge < -0.3 is 5.32 Å². The first kappa shape index (κ1) is 12.4. The molecule has 0 aliphatic carbocycles. The number of nitriles is 1. The summed E-state index contributed by atoms with van der Waals surface area (Å²) in [6.45, 7) is 0.321. The minimum absolute atomic E-state index is 0.297. The number of aliphatic imine (C=N–C) groups is 1. The predicted octanol–water partition coefficient (Wildman–Crippen LogP) is 1.49. The SMILES string of the molecule is CSC(=Nc1cc(F)cc2c1CNC2=O)NC#N. The van der Waals surface area contributed by atoms with E-state index in [2.05, 4.69) is 15.6 Å². The Morgan fingerprint density at radius 2 is 2.44 bits per heavy atom. The van der Waals surface area contributed by atoms with Crippen LogP contribution in [0.1, 0.15) is 15.9 Å². The Kier molecular flexibility index (Phi) is 3.48. The van der Waals surface area contributed by atoms with Crippen LogP contribution in [0.15, 0.2) is 17.1 Å². The molecule has 0 atom stereocenters. The minimum Gasteiger partial charge on any atom is -0.348 e. The van der Waals surface area contributed by atoms with Crippen molar-refractivity contribution in [3.8, 4) is 6.19 Å². The molecule has 0 unspecified atom stereocenters. The number of rotatable bonds is 1. The van der Waals surface area contributed by atoms with Gasteiger partial charge in [-0.05, 0) is 18.4 Å². The first-order valence-corrected chi connectivity index (χ1v) is 6.26. The first-order chi connectivity index (χ1) is 8.65. The lowest BCUT2D eigenvalue weighted by Gasteiger charge is -2.04. The number of hydrogen-bond donors (Lipinski definition) is 2. The second-order valence-electron chi connectivity index (χ2n) is 3.49. The Morgan fingerprint density at radius 1 is 1.67 bits per heavy atom. The normalized spacial score (nSPS) is 13.8. The fraction of sp³-hybridized carbons (Fsp3) is 0.182. The molecule has 0 spiro atoms. The Labute approximate surface area is 107 Å². The zero-order valence-corrected chi connectivity index (χ0v) is 10.3. The zero-order valence-electron chi connectivity index (χ0n) is 9.45. The summed E-state index contributed by atoms with van der Waals surface area (Å²) in [5, 5.41) is 13.9. The third-order valence-electron chi connectivity index (χ3n) is 2.44. The monoisotopic (exact) mass is 264 g/mol. The van der Waals surface area contributed by atoms with E-state index in [1.807, 2.05) is 0 Å². The molecule has 0 saturated heterocycles. The number of thioether (sulfide) groups is 1. The molecule has 0 bridgehead atoms. The van der Waals surface area contributed by atoms with Gasteiger partial charge in [0.15, 0.2) is 11.4 Å². The number of carbonyl (C=O) groups is 1. The van der Waals surface area contributed by atoms with Gasteiger partial charge in [-0.2, -0.15) is 5.26 Å². The van der Waals surface area contributed by atoms with Crippen LogP contribution >= 0.6 is 11.8 Å². The number of fused-ring (bicyclic) bond motifs is 1. The minimum atomic E-state index is -0.526. The summed E-state index contributed by atoms with van der Waals surface area (Å²) in [4.78, 5) is 15.6. The van der Waals surface area contributed by atoms with Gasteiger partial charge in [0, 0.05) is 17.7 Å². The number of hydrogen-bond acceptors (Lipinski definition) is 4. The molecule has 18 heavy (non-hydrogen) atoms. The first-order valence-electron chi connectivity index (χ1n) is 5.04. The highest BCUT2D eigenvalue weighted by molar-refractivity contribution is 8.13. The van der Waals surface area contributed by atoms with E-state index < -0.39 is 5.82 Å². The van der Waals surface area contributed by atoms with E-state index in [1.165, 1.54) is 23.9 Å². The molecule has 92 valence electrons. The molecule has 2 rings (SSSR count). The molecule has 2 N–H and O–H groups in total. The van der Waals surface area contributed by atoms with Gasteiger partial charge in [0.2, 0.25) is 0 Å². The van der Waals surface area contributed by atoms with E-state index in [9.17, 15) is 9.18 Å². The number of carbonyl (C=O) groups excluding carboxylic acids is 1. The second-order valence-corrected chi connectivity index (χ2v) is 4.29. The van der Waals surface area contributed by atoms with Crippen molar-refractivity contribution >= 4 is 28.5 Å². The lowest BCUT2D eigenvalue weighted by Crippen LogP contribution is -2.12. The maximum absolute atomic E-state index is 13.4. The molecule has 1 heterocycles. The number of nitrogens with zero attached hydrogens (tertiary/aromatic N) is 2. The lowest BCUT2D eigenvalue weighted by atomic mass is 10.1. The summed E-state index contributed by atoms with van der Waals surface area (Å²) in [7, 11) is 0. The smallest absolute Gasteiger partial charge is 0.252 e. The molecule has 0 saturated carbocycles. The van der Waals surface area contributed by atoms with E-state index in [4.69, 9.17) is 5.26 Å². The average Bonchev–Trinajstić information content (AvgIpc) is 2.71. The fourth-order valence-electron chi connectivity index (χ4n) is 1.66. The van der Waals surface area contributed by atoms with Crippen LogP contribution in [0.2, 0.25) is 0 Å². The second kappa shape index (κ2) is 5.06. The summed E-state index contributed by atoms with van der Waals surface area (Å²) in [6.07, 6.45) is 3.49. The van der Waals surface area contributed by atoms with E-state index >= 15 is 0 Å². The number of amides is 1. The quantitative estimate of drug-likeness (QED) is 0.349. The van der Waals surface area contributed by atoms with Gasteiger partial charge in [-0.1, -0.05) is 11.8 Å². The van der Waals surface area contributed by atoms with Crippen LogP contribution in [0.5, 0.6) is 0 Å². The highest BCUT2D eigenvalue weighted by atomic mass is 32.2. The van der Waals surface area contributed by atoms with Crippen LogP contribution in [-0.4, -0.2) is 17.3 Å². The van der Waals surface area contributed by atoms with Crippen LogP contribution in [0, 0.1) is 17.3 Å². The van der Waals surface area contributed by atoms with Gasteiger partial charge in [0.25, 0.3) is 5.91 Å². The lowest BCUT2D eigenvalue weighted by molar-refractivity contribution is 0.0965. The highest BCUT2D eigenvalue weighted by Crippen LogP contribution is 2.28. The van der Waals surface area contributed by atoms with Gasteiger partial charge in [0.05, 0.1) is 5.69 Å². The van der Waals surface area contributed by atoms with Crippen LogP contribution in [0.3, 0.4) is 0 Å². The van der Waals surface area contributed by atoms with E-state index in [1.54, 1.807) is 12.4 Å². The molecular weight excluding hydrogens is 255 g/mol. The molecule has 1 aromatic carbocycles. The number of benzene rings is 1. The fourth-order valence-corrected chi connectivity index (χ4v) is 1.99. The molecule has 7 heteroatoms. The predicted molar refractivity (Wildman–Crippen MR) is 66.9 cm³/mol. The summed E-state index contributed by atoms with van der Waals surface area (Å²) >= 11 is 1.23. The average molecular weight is 264 g/mol. The largest absolute Gasteiger partial charge is 0.348 e. The van der Waals surface area contributed by atoms with Gasteiger partial charge >= 0.3 is 0 Å². The molecular formula is C11H9FN4OS. The van der Waals surface area contributed by atoms with E-state index in [-0.39, 0.29) is 5.91 Å². The molecule has 0 radical (unpaired) electrons. The van der Waals surface area contributed by atoms with E-state index in [0.29, 0.717) is 28.5 Å². The summed E-state index contributed by atoms with van der Waals surface area (Å²) in [5.41, 5.74) is 1.30.